The van der Waals surface area contributed by atoms with Crippen LogP contribution in [0.4, 0.5) is 5.69 Å². The van der Waals surface area contributed by atoms with E-state index in [1.807, 2.05) is 26.0 Å². The SMILES string of the molecule is CC(=O)Nc1ccc(CNC(=O)c2cnc3onc(C(C)C)c3c2)cc1. The fraction of sp³-hybridized carbons (Fsp3) is 0.263. The Hall–Kier alpha value is -3.22. The third kappa shape index (κ3) is 3.88. The summed E-state index contributed by atoms with van der Waals surface area (Å²) in [7, 11) is 0. The van der Waals surface area contributed by atoms with Crippen LogP contribution in [-0.2, 0) is 11.3 Å². The minimum Gasteiger partial charge on any atom is -0.348 e. The number of amides is 2. The van der Waals surface area contributed by atoms with E-state index >= 15 is 0 Å². The van der Waals surface area contributed by atoms with Crippen LogP contribution in [0, 0.1) is 0 Å². The minimum atomic E-state index is -0.221. The van der Waals surface area contributed by atoms with E-state index in [1.54, 1.807) is 18.2 Å². The first-order valence-electron chi connectivity index (χ1n) is 8.34. The first kappa shape index (κ1) is 17.6. The Morgan fingerprint density at radius 1 is 1.19 bits per heavy atom. The smallest absolute Gasteiger partial charge is 0.257 e. The minimum absolute atomic E-state index is 0.122. The highest BCUT2D eigenvalue weighted by atomic mass is 16.5. The molecule has 0 saturated carbocycles. The summed E-state index contributed by atoms with van der Waals surface area (Å²) in [6.45, 7) is 5.85. The van der Waals surface area contributed by atoms with Crippen LogP contribution >= 0.6 is 0 Å². The Balaban J connectivity index is 1.69. The van der Waals surface area contributed by atoms with E-state index in [0.29, 0.717) is 17.8 Å². The van der Waals surface area contributed by atoms with Crippen molar-refractivity contribution in [3.8, 4) is 0 Å². The van der Waals surface area contributed by atoms with Crippen LogP contribution in [0.2, 0.25) is 0 Å². The van der Waals surface area contributed by atoms with Gasteiger partial charge in [-0.1, -0.05) is 31.1 Å². The number of rotatable bonds is 5. The van der Waals surface area contributed by atoms with Gasteiger partial charge in [-0.3, -0.25) is 9.59 Å². The van der Waals surface area contributed by atoms with Crippen molar-refractivity contribution in [1.29, 1.82) is 0 Å². The average Bonchev–Trinajstić information content (AvgIpc) is 3.03. The number of benzene rings is 1. The zero-order valence-corrected chi connectivity index (χ0v) is 14.9. The number of carbonyl (C=O) groups is 2. The number of hydrogen-bond donors (Lipinski definition) is 2. The molecule has 2 N–H and O–H groups in total. The van der Waals surface area contributed by atoms with Gasteiger partial charge in [0, 0.05) is 25.4 Å². The van der Waals surface area contributed by atoms with Gasteiger partial charge in [0.2, 0.25) is 5.91 Å². The Labute approximate surface area is 150 Å². The number of aromatic nitrogens is 2. The van der Waals surface area contributed by atoms with E-state index in [1.165, 1.54) is 13.1 Å². The first-order valence-corrected chi connectivity index (χ1v) is 8.34. The van der Waals surface area contributed by atoms with Crippen LogP contribution in [0.15, 0.2) is 41.1 Å². The van der Waals surface area contributed by atoms with Gasteiger partial charge in [0.1, 0.15) is 0 Å². The van der Waals surface area contributed by atoms with Crippen LogP contribution in [0.1, 0.15) is 48.3 Å². The normalized spacial score (nSPS) is 10.9. The summed E-state index contributed by atoms with van der Waals surface area (Å²) >= 11 is 0. The lowest BCUT2D eigenvalue weighted by atomic mass is 10.1. The van der Waals surface area contributed by atoms with Crippen LogP contribution in [0.25, 0.3) is 11.1 Å². The molecule has 0 bridgehead atoms. The molecule has 0 fully saturated rings. The van der Waals surface area contributed by atoms with Gasteiger partial charge in [0.15, 0.2) is 0 Å². The molecule has 0 aliphatic carbocycles. The lowest BCUT2D eigenvalue weighted by Crippen LogP contribution is -2.22. The van der Waals surface area contributed by atoms with E-state index in [-0.39, 0.29) is 17.7 Å². The number of anilines is 1. The molecule has 0 unspecified atom stereocenters. The number of pyridine rings is 1. The standard InChI is InChI=1S/C19H20N4O3/c1-11(2)17-16-8-14(10-21-19(16)26-23-17)18(25)20-9-13-4-6-15(7-5-13)22-12(3)24/h4-8,10-11H,9H2,1-3H3,(H,20,25)(H,22,24). The van der Waals surface area contributed by atoms with Gasteiger partial charge in [-0.2, -0.15) is 0 Å². The van der Waals surface area contributed by atoms with E-state index in [2.05, 4.69) is 20.8 Å². The molecule has 26 heavy (non-hydrogen) atoms. The van der Waals surface area contributed by atoms with Gasteiger partial charge < -0.3 is 15.2 Å². The molecule has 7 heteroatoms. The van der Waals surface area contributed by atoms with Crippen molar-refractivity contribution in [3.63, 3.8) is 0 Å². The molecule has 2 amide bonds. The zero-order chi connectivity index (χ0) is 18.7. The fourth-order valence-corrected chi connectivity index (χ4v) is 2.58. The second-order valence-corrected chi connectivity index (χ2v) is 6.36. The third-order valence-corrected chi connectivity index (χ3v) is 3.89. The largest absolute Gasteiger partial charge is 0.348 e. The predicted octanol–water partition coefficient (Wildman–Crippen LogP) is 3.23. The molecule has 0 aliphatic heterocycles. The van der Waals surface area contributed by atoms with Crippen LogP contribution in [-0.4, -0.2) is 22.0 Å². The summed E-state index contributed by atoms with van der Waals surface area (Å²) in [5, 5.41) is 10.3. The van der Waals surface area contributed by atoms with Crippen molar-refractivity contribution in [2.75, 3.05) is 5.32 Å². The number of carbonyl (C=O) groups excluding carboxylic acids is 2. The van der Waals surface area contributed by atoms with E-state index in [4.69, 9.17) is 4.52 Å². The monoisotopic (exact) mass is 352 g/mol. The molecule has 2 aromatic heterocycles. The Morgan fingerprint density at radius 2 is 1.92 bits per heavy atom. The van der Waals surface area contributed by atoms with Crippen LogP contribution < -0.4 is 10.6 Å². The maximum Gasteiger partial charge on any atom is 0.257 e. The van der Waals surface area contributed by atoms with Crippen molar-refractivity contribution in [1.82, 2.24) is 15.5 Å². The summed E-state index contributed by atoms with van der Waals surface area (Å²) in [6.07, 6.45) is 1.48. The molecule has 2 heterocycles. The second-order valence-electron chi connectivity index (χ2n) is 6.36. The quantitative estimate of drug-likeness (QED) is 0.735. The molecule has 7 nitrogen and oxygen atoms in total. The van der Waals surface area contributed by atoms with Gasteiger partial charge in [-0.15, -0.1) is 0 Å². The molecule has 0 aliphatic rings. The van der Waals surface area contributed by atoms with Gasteiger partial charge >= 0.3 is 0 Å². The topological polar surface area (TPSA) is 97.1 Å². The first-order chi connectivity index (χ1) is 12.4. The number of nitrogens with zero attached hydrogens (tertiary/aromatic N) is 2. The molecule has 0 spiro atoms. The molecule has 0 saturated heterocycles. The summed E-state index contributed by atoms with van der Waals surface area (Å²) in [4.78, 5) is 27.6. The Kier molecular flexibility index (Phi) is 4.97. The summed E-state index contributed by atoms with van der Waals surface area (Å²) < 4.78 is 5.19. The molecular formula is C19H20N4O3. The number of hydrogen-bond acceptors (Lipinski definition) is 5. The number of fused-ring (bicyclic) bond motifs is 1. The Morgan fingerprint density at radius 3 is 2.58 bits per heavy atom. The van der Waals surface area contributed by atoms with Crippen molar-refractivity contribution >= 4 is 28.6 Å². The molecule has 3 rings (SSSR count). The third-order valence-electron chi connectivity index (χ3n) is 3.89. The van der Waals surface area contributed by atoms with Crippen molar-refractivity contribution < 1.29 is 14.1 Å². The van der Waals surface area contributed by atoms with Crippen molar-refractivity contribution in [3.05, 3.63) is 53.3 Å². The highest BCUT2D eigenvalue weighted by molar-refractivity contribution is 5.97. The number of nitrogens with one attached hydrogen (secondary N) is 2. The van der Waals surface area contributed by atoms with Crippen LogP contribution in [0.5, 0.6) is 0 Å². The van der Waals surface area contributed by atoms with Crippen LogP contribution in [0.3, 0.4) is 0 Å². The van der Waals surface area contributed by atoms with E-state index < -0.39 is 0 Å². The highest BCUT2D eigenvalue weighted by Crippen LogP contribution is 2.24. The molecular weight excluding hydrogens is 332 g/mol. The average molecular weight is 352 g/mol. The Bertz CT molecular complexity index is 945. The maximum atomic E-state index is 12.4. The van der Waals surface area contributed by atoms with Gasteiger partial charge in [-0.25, -0.2) is 4.98 Å². The molecule has 0 radical (unpaired) electrons. The second kappa shape index (κ2) is 7.35. The fourth-order valence-electron chi connectivity index (χ4n) is 2.58. The van der Waals surface area contributed by atoms with Gasteiger partial charge in [-0.05, 0) is 29.7 Å². The van der Waals surface area contributed by atoms with Gasteiger partial charge in [0.05, 0.1) is 16.6 Å². The summed E-state index contributed by atoms with van der Waals surface area (Å²) in [5.41, 5.74) is 3.32. The zero-order valence-electron chi connectivity index (χ0n) is 14.9. The van der Waals surface area contributed by atoms with Crippen molar-refractivity contribution in [2.45, 2.75) is 33.2 Å². The van der Waals surface area contributed by atoms with Gasteiger partial charge in [0.25, 0.3) is 11.6 Å². The molecule has 0 atom stereocenters. The summed E-state index contributed by atoms with van der Waals surface area (Å²) in [5.74, 6) is -0.164. The summed E-state index contributed by atoms with van der Waals surface area (Å²) in [6, 6.07) is 9.04. The predicted molar refractivity (Wildman–Crippen MR) is 97.8 cm³/mol. The highest BCUT2D eigenvalue weighted by Gasteiger charge is 2.15. The molecule has 134 valence electrons. The maximum absolute atomic E-state index is 12.4. The lowest BCUT2D eigenvalue weighted by molar-refractivity contribution is -0.114. The molecule has 1 aromatic carbocycles. The van der Waals surface area contributed by atoms with Crippen molar-refractivity contribution in [2.24, 2.45) is 0 Å². The lowest BCUT2D eigenvalue weighted by Gasteiger charge is -2.07. The van der Waals surface area contributed by atoms with E-state index in [9.17, 15) is 9.59 Å². The molecule has 3 aromatic rings. The van der Waals surface area contributed by atoms with E-state index in [0.717, 1.165) is 22.3 Å².